The molecule has 0 fully saturated rings. The molecule has 9 heteroatoms. The van der Waals surface area contributed by atoms with Gasteiger partial charge in [0.1, 0.15) is 0 Å². The van der Waals surface area contributed by atoms with Gasteiger partial charge in [-0.2, -0.15) is 0 Å². The van der Waals surface area contributed by atoms with E-state index in [0.29, 0.717) is 6.42 Å². The lowest BCUT2D eigenvalue weighted by molar-refractivity contribution is -0.123. The van der Waals surface area contributed by atoms with Gasteiger partial charge in [0.05, 0.1) is 25.4 Å². The van der Waals surface area contributed by atoms with E-state index >= 15 is 0 Å². The van der Waals surface area contributed by atoms with Crippen LogP contribution in [-0.2, 0) is 18.4 Å². The van der Waals surface area contributed by atoms with Gasteiger partial charge >= 0.3 is 7.82 Å². The number of carbonyl (C=O) groups is 1. The maximum absolute atomic E-state index is 12.8. The molecule has 1 amide bonds. The van der Waals surface area contributed by atoms with E-state index in [-0.39, 0.29) is 25.7 Å². The number of phosphoric ester groups is 1. The normalized spacial score (nSPS) is 13.8. The Morgan fingerprint density at radius 1 is 0.500 bits per heavy atom. The average Bonchev–Trinajstić information content (AvgIpc) is 3.29. The molecule has 382 valence electrons. The van der Waals surface area contributed by atoms with E-state index < -0.39 is 20.0 Å². The highest BCUT2D eigenvalue weighted by Crippen LogP contribution is 2.43. The van der Waals surface area contributed by atoms with Crippen LogP contribution in [0.25, 0.3) is 0 Å². The van der Waals surface area contributed by atoms with Crippen molar-refractivity contribution in [1.29, 1.82) is 0 Å². The number of aliphatic hydroxyl groups excluding tert-OH is 1. The van der Waals surface area contributed by atoms with Gasteiger partial charge in [0.15, 0.2) is 0 Å². The third kappa shape index (κ3) is 49.2. The third-order valence-corrected chi connectivity index (χ3v) is 14.1. The van der Waals surface area contributed by atoms with Crippen molar-refractivity contribution in [3.05, 3.63) is 12.2 Å². The zero-order valence-corrected chi connectivity index (χ0v) is 43.7. The number of nitrogens with two attached hydrogens (primary N) is 1. The standard InChI is InChI=1S/C55H111N2O6P/c1-3-5-7-9-11-13-15-17-18-19-20-21-22-23-24-25-26-27-28-29-30-31-32-33-34-35-36-37-39-41-43-45-47-49-55(59)57-53(52-63-64(60,61)62-51-50-56)54(58)48-46-44-42-40-38-16-14-12-10-8-6-4-2/h46,48,53-54,58H,3-45,47,49-52,56H2,1-2H3,(H,57,59)(H,60,61)/b48-46+/t53-,54+/m0/s1. The minimum Gasteiger partial charge on any atom is -0.387 e. The average molecular weight is 927 g/mol. The van der Waals surface area contributed by atoms with Crippen LogP contribution in [-0.4, -0.2) is 47.8 Å². The Kier molecular flexibility index (Phi) is 51.0. The fourth-order valence-electron chi connectivity index (χ4n) is 8.84. The Bertz CT molecular complexity index is 1020. The molecule has 0 saturated carbocycles. The van der Waals surface area contributed by atoms with E-state index in [2.05, 4.69) is 19.2 Å². The van der Waals surface area contributed by atoms with Gasteiger partial charge in [-0.1, -0.05) is 289 Å². The molecule has 0 saturated heterocycles. The second-order valence-electron chi connectivity index (χ2n) is 19.5. The molecule has 8 nitrogen and oxygen atoms in total. The molecule has 64 heavy (non-hydrogen) atoms. The minimum atomic E-state index is -4.34. The number of amides is 1. The van der Waals surface area contributed by atoms with Gasteiger partial charge in [0.2, 0.25) is 5.91 Å². The summed E-state index contributed by atoms with van der Waals surface area (Å²) >= 11 is 0. The molecule has 0 aromatic rings. The maximum atomic E-state index is 12.8. The van der Waals surface area contributed by atoms with E-state index in [4.69, 9.17) is 14.8 Å². The molecule has 0 aliphatic heterocycles. The highest BCUT2D eigenvalue weighted by molar-refractivity contribution is 7.47. The summed E-state index contributed by atoms with van der Waals surface area (Å²) in [5.74, 6) is -0.188. The molecule has 0 aliphatic rings. The van der Waals surface area contributed by atoms with Crippen LogP contribution in [0.4, 0.5) is 0 Å². The number of phosphoric acid groups is 1. The zero-order chi connectivity index (χ0) is 46.7. The lowest BCUT2D eigenvalue weighted by Crippen LogP contribution is -2.45. The van der Waals surface area contributed by atoms with Crippen molar-refractivity contribution in [2.24, 2.45) is 5.73 Å². The van der Waals surface area contributed by atoms with Crippen LogP contribution < -0.4 is 11.1 Å². The SMILES string of the molecule is CCCCCCCCCCCC/C=C/[C@@H](O)[C@H](COP(=O)(O)OCCN)NC(=O)CCCCCCCCCCCCCCCCCCCCCCCCCCCCCCCCCCC. The van der Waals surface area contributed by atoms with Crippen LogP contribution in [0.3, 0.4) is 0 Å². The van der Waals surface area contributed by atoms with Crippen molar-refractivity contribution in [3.8, 4) is 0 Å². The smallest absolute Gasteiger partial charge is 0.387 e. The molecule has 0 heterocycles. The van der Waals surface area contributed by atoms with Gasteiger partial charge < -0.3 is 21.1 Å². The lowest BCUT2D eigenvalue weighted by atomic mass is 10.0. The van der Waals surface area contributed by atoms with Crippen LogP contribution in [0.2, 0.25) is 0 Å². The second-order valence-corrected chi connectivity index (χ2v) is 21.0. The highest BCUT2D eigenvalue weighted by Gasteiger charge is 2.27. The van der Waals surface area contributed by atoms with Gasteiger partial charge in [-0.15, -0.1) is 0 Å². The number of carbonyl (C=O) groups excluding carboxylic acids is 1. The van der Waals surface area contributed by atoms with Crippen molar-refractivity contribution >= 4 is 13.7 Å². The monoisotopic (exact) mass is 927 g/mol. The largest absolute Gasteiger partial charge is 0.472 e. The van der Waals surface area contributed by atoms with Gasteiger partial charge in [-0.3, -0.25) is 13.8 Å². The molecule has 0 aromatic heterocycles. The summed E-state index contributed by atoms with van der Waals surface area (Å²) in [7, 11) is -4.34. The van der Waals surface area contributed by atoms with Crippen molar-refractivity contribution in [2.45, 2.75) is 315 Å². The van der Waals surface area contributed by atoms with Crippen LogP contribution in [0, 0.1) is 0 Å². The molecule has 0 spiro atoms. The predicted octanol–water partition coefficient (Wildman–Crippen LogP) is 17.1. The fraction of sp³-hybridized carbons (Fsp3) is 0.945. The summed E-state index contributed by atoms with van der Waals surface area (Å²) in [6.45, 7) is 4.17. The van der Waals surface area contributed by atoms with E-state index in [0.717, 1.165) is 38.5 Å². The molecule has 0 aromatic carbocycles. The zero-order valence-electron chi connectivity index (χ0n) is 42.8. The summed E-state index contributed by atoms with van der Waals surface area (Å²) in [6.07, 6.45) is 61.8. The first-order valence-electron chi connectivity index (χ1n) is 28.3. The van der Waals surface area contributed by atoms with E-state index in [1.54, 1.807) is 6.08 Å². The Balaban J connectivity index is 3.78. The van der Waals surface area contributed by atoms with E-state index in [1.165, 1.54) is 244 Å². The molecule has 1 unspecified atom stereocenters. The second kappa shape index (κ2) is 51.6. The topological polar surface area (TPSA) is 131 Å². The van der Waals surface area contributed by atoms with Gasteiger partial charge in [-0.05, 0) is 19.3 Å². The first kappa shape index (κ1) is 63.2. The lowest BCUT2D eigenvalue weighted by Gasteiger charge is -2.23. The van der Waals surface area contributed by atoms with Crippen LogP contribution >= 0.6 is 7.82 Å². The van der Waals surface area contributed by atoms with Crippen LogP contribution in [0.15, 0.2) is 12.2 Å². The summed E-state index contributed by atoms with van der Waals surface area (Å²) in [5, 5.41) is 13.7. The predicted molar refractivity (Wildman–Crippen MR) is 277 cm³/mol. The molecule has 5 N–H and O–H groups in total. The Hall–Kier alpha value is -0.760. The first-order chi connectivity index (χ1) is 31.4. The number of hydrogen-bond acceptors (Lipinski definition) is 6. The van der Waals surface area contributed by atoms with Crippen molar-refractivity contribution in [1.82, 2.24) is 5.32 Å². The fourth-order valence-corrected chi connectivity index (χ4v) is 9.60. The summed E-state index contributed by atoms with van der Waals surface area (Å²) < 4.78 is 22.2. The quantitative estimate of drug-likeness (QED) is 0.0271. The molecule has 0 bridgehead atoms. The van der Waals surface area contributed by atoms with E-state index in [1.807, 2.05) is 6.08 Å². The third-order valence-electron chi connectivity index (χ3n) is 13.1. The van der Waals surface area contributed by atoms with Crippen molar-refractivity contribution < 1.29 is 28.4 Å². The number of unbranched alkanes of at least 4 members (excludes halogenated alkanes) is 42. The highest BCUT2D eigenvalue weighted by atomic mass is 31.2. The Morgan fingerprint density at radius 2 is 0.797 bits per heavy atom. The minimum absolute atomic E-state index is 0.0815. The Morgan fingerprint density at radius 3 is 1.11 bits per heavy atom. The summed E-state index contributed by atoms with van der Waals surface area (Å²) in [6, 6.07) is -0.855. The number of nitrogens with one attached hydrogen (secondary N) is 1. The number of hydrogen-bond donors (Lipinski definition) is 4. The first-order valence-corrected chi connectivity index (χ1v) is 29.8. The van der Waals surface area contributed by atoms with Crippen molar-refractivity contribution in [2.75, 3.05) is 19.8 Å². The van der Waals surface area contributed by atoms with Gasteiger partial charge in [-0.25, -0.2) is 4.57 Å². The van der Waals surface area contributed by atoms with E-state index in [9.17, 15) is 19.4 Å². The summed E-state index contributed by atoms with van der Waals surface area (Å²) in [5.41, 5.74) is 5.39. The molecule has 0 radical (unpaired) electrons. The number of allylic oxidation sites excluding steroid dienone is 1. The maximum Gasteiger partial charge on any atom is 0.472 e. The van der Waals surface area contributed by atoms with Crippen LogP contribution in [0.1, 0.15) is 303 Å². The molecule has 0 rings (SSSR count). The molecule has 3 atom stereocenters. The number of rotatable bonds is 54. The summed E-state index contributed by atoms with van der Waals surface area (Å²) in [4.78, 5) is 22.8. The molecular weight excluding hydrogens is 816 g/mol. The van der Waals surface area contributed by atoms with Gasteiger partial charge in [0, 0.05) is 13.0 Å². The van der Waals surface area contributed by atoms with Crippen molar-refractivity contribution in [3.63, 3.8) is 0 Å². The number of aliphatic hydroxyl groups is 1. The van der Waals surface area contributed by atoms with Gasteiger partial charge in [0.25, 0.3) is 0 Å². The van der Waals surface area contributed by atoms with Crippen LogP contribution in [0.5, 0.6) is 0 Å². The Labute approximate surface area is 398 Å². The molecule has 0 aliphatic carbocycles. The molecular formula is C55H111N2O6P.